The van der Waals surface area contributed by atoms with Gasteiger partial charge in [-0.3, -0.25) is 4.79 Å². The van der Waals surface area contributed by atoms with E-state index in [2.05, 4.69) is 19.2 Å². The average Bonchev–Trinajstić information content (AvgIpc) is 2.66. The first-order chi connectivity index (χ1) is 12.7. The van der Waals surface area contributed by atoms with Gasteiger partial charge in [-0.1, -0.05) is 13.8 Å². The summed E-state index contributed by atoms with van der Waals surface area (Å²) in [6.45, 7) is 7.12. The van der Waals surface area contributed by atoms with Crippen molar-refractivity contribution >= 4 is 15.9 Å². The number of carbonyl (C=O) groups excluding carboxylic acids is 1. The van der Waals surface area contributed by atoms with Crippen LogP contribution in [0.2, 0.25) is 0 Å². The van der Waals surface area contributed by atoms with Crippen LogP contribution in [-0.4, -0.2) is 44.9 Å². The Labute approximate surface area is 163 Å². The summed E-state index contributed by atoms with van der Waals surface area (Å²) >= 11 is 0. The second-order valence-electron chi connectivity index (χ2n) is 7.73. The van der Waals surface area contributed by atoms with Gasteiger partial charge in [0.2, 0.25) is 15.9 Å². The summed E-state index contributed by atoms with van der Waals surface area (Å²) in [4.78, 5) is 12.7. The van der Waals surface area contributed by atoms with E-state index in [1.54, 1.807) is 31.4 Å². The maximum atomic E-state index is 12.8. The molecule has 1 aliphatic rings. The van der Waals surface area contributed by atoms with Crippen LogP contribution >= 0.6 is 0 Å². The fourth-order valence-corrected chi connectivity index (χ4v) is 4.74. The zero-order valence-electron chi connectivity index (χ0n) is 16.8. The van der Waals surface area contributed by atoms with Crippen LogP contribution in [0.15, 0.2) is 29.2 Å². The second-order valence-corrected chi connectivity index (χ2v) is 9.67. The van der Waals surface area contributed by atoms with E-state index in [1.807, 2.05) is 6.92 Å². The van der Waals surface area contributed by atoms with Crippen LogP contribution in [0, 0.1) is 11.8 Å². The number of methoxy groups -OCH3 is 1. The van der Waals surface area contributed by atoms with Crippen LogP contribution in [0.5, 0.6) is 5.75 Å². The van der Waals surface area contributed by atoms with Crippen molar-refractivity contribution < 1.29 is 17.9 Å². The molecule has 1 N–H and O–H groups in total. The Morgan fingerprint density at radius 1 is 1.15 bits per heavy atom. The van der Waals surface area contributed by atoms with Gasteiger partial charge in [-0.2, -0.15) is 4.31 Å². The van der Waals surface area contributed by atoms with Crippen LogP contribution in [0.1, 0.15) is 46.5 Å². The minimum Gasteiger partial charge on any atom is -0.497 e. The van der Waals surface area contributed by atoms with Gasteiger partial charge in [0.05, 0.1) is 12.0 Å². The van der Waals surface area contributed by atoms with Crippen molar-refractivity contribution in [2.24, 2.45) is 11.8 Å². The Kier molecular flexibility index (Phi) is 7.68. The molecular formula is C20H32N2O4S. The van der Waals surface area contributed by atoms with Crippen LogP contribution in [0.4, 0.5) is 0 Å². The van der Waals surface area contributed by atoms with Crippen molar-refractivity contribution in [3.05, 3.63) is 24.3 Å². The van der Waals surface area contributed by atoms with Crippen molar-refractivity contribution in [2.45, 2.75) is 57.4 Å². The van der Waals surface area contributed by atoms with E-state index in [-0.39, 0.29) is 22.8 Å². The molecule has 0 bridgehead atoms. The van der Waals surface area contributed by atoms with E-state index in [0.717, 1.165) is 12.8 Å². The molecule has 0 unspecified atom stereocenters. The van der Waals surface area contributed by atoms with Gasteiger partial charge in [0.25, 0.3) is 0 Å². The topological polar surface area (TPSA) is 75.7 Å². The molecule has 1 saturated heterocycles. The van der Waals surface area contributed by atoms with E-state index in [1.165, 1.54) is 4.31 Å². The molecule has 6 nitrogen and oxygen atoms in total. The molecule has 0 spiro atoms. The fourth-order valence-electron chi connectivity index (χ4n) is 3.27. The normalized spacial score (nSPS) is 17.7. The first kappa shape index (κ1) is 21.7. The van der Waals surface area contributed by atoms with Crippen molar-refractivity contribution in [1.29, 1.82) is 0 Å². The minimum atomic E-state index is -3.53. The Morgan fingerprint density at radius 3 is 2.26 bits per heavy atom. The Hall–Kier alpha value is -1.60. The molecule has 152 valence electrons. The predicted molar refractivity (Wildman–Crippen MR) is 106 cm³/mol. The minimum absolute atomic E-state index is 0.0488. The summed E-state index contributed by atoms with van der Waals surface area (Å²) in [6, 6.07) is 6.56. The summed E-state index contributed by atoms with van der Waals surface area (Å²) in [7, 11) is -1.99. The van der Waals surface area contributed by atoms with Crippen molar-refractivity contribution in [3.8, 4) is 5.75 Å². The lowest BCUT2D eigenvalue weighted by Crippen LogP contribution is -2.44. The molecule has 1 heterocycles. The number of nitrogens with one attached hydrogen (secondary N) is 1. The van der Waals surface area contributed by atoms with Gasteiger partial charge in [-0.15, -0.1) is 0 Å². The third-order valence-corrected chi connectivity index (χ3v) is 7.00. The highest BCUT2D eigenvalue weighted by molar-refractivity contribution is 7.89. The van der Waals surface area contributed by atoms with Gasteiger partial charge in [-0.25, -0.2) is 8.42 Å². The van der Waals surface area contributed by atoms with E-state index in [9.17, 15) is 13.2 Å². The van der Waals surface area contributed by atoms with Gasteiger partial charge in [0.15, 0.2) is 0 Å². The van der Waals surface area contributed by atoms with E-state index in [4.69, 9.17) is 4.74 Å². The van der Waals surface area contributed by atoms with Gasteiger partial charge in [-0.05, 0) is 62.8 Å². The maximum Gasteiger partial charge on any atom is 0.243 e. The quantitative estimate of drug-likeness (QED) is 0.733. The number of hydrogen-bond donors (Lipinski definition) is 1. The number of sulfonamides is 1. The van der Waals surface area contributed by atoms with Crippen LogP contribution < -0.4 is 10.1 Å². The molecule has 0 radical (unpaired) electrons. The van der Waals surface area contributed by atoms with Gasteiger partial charge < -0.3 is 10.1 Å². The smallest absolute Gasteiger partial charge is 0.243 e. The third kappa shape index (κ3) is 5.94. The maximum absolute atomic E-state index is 12.8. The standard InChI is InChI=1S/C20H32N2O4S/c1-15(2)5-6-16(3)21-20(23)17-11-13-22(14-12-17)27(24,25)19-9-7-18(26-4)8-10-19/h7-10,15-17H,5-6,11-14H2,1-4H3,(H,21,23)/t16-/m1/s1. The van der Waals surface area contributed by atoms with E-state index >= 15 is 0 Å². The van der Waals surface area contributed by atoms with Crippen molar-refractivity contribution in [3.63, 3.8) is 0 Å². The molecule has 1 atom stereocenters. The summed E-state index contributed by atoms with van der Waals surface area (Å²) < 4.78 is 32.1. The number of nitrogens with zero attached hydrogens (tertiary/aromatic N) is 1. The summed E-state index contributed by atoms with van der Waals surface area (Å²) in [5.41, 5.74) is 0. The predicted octanol–water partition coefficient (Wildman–Crippen LogP) is 3.04. The molecule has 1 aromatic carbocycles. The van der Waals surface area contributed by atoms with E-state index < -0.39 is 10.0 Å². The molecular weight excluding hydrogens is 364 g/mol. The third-order valence-electron chi connectivity index (χ3n) is 5.09. The van der Waals surface area contributed by atoms with Crippen LogP contribution in [-0.2, 0) is 14.8 Å². The lowest BCUT2D eigenvalue weighted by Gasteiger charge is -2.31. The fraction of sp³-hybridized carbons (Fsp3) is 0.650. The molecule has 0 saturated carbocycles. The Morgan fingerprint density at radius 2 is 1.74 bits per heavy atom. The molecule has 0 aliphatic carbocycles. The first-order valence-corrected chi connectivity index (χ1v) is 11.1. The molecule has 1 aliphatic heterocycles. The molecule has 1 amide bonds. The lowest BCUT2D eigenvalue weighted by molar-refractivity contribution is -0.126. The Balaban J connectivity index is 1.89. The molecule has 0 aromatic heterocycles. The number of hydrogen-bond acceptors (Lipinski definition) is 4. The highest BCUT2D eigenvalue weighted by Crippen LogP contribution is 2.25. The highest BCUT2D eigenvalue weighted by Gasteiger charge is 2.32. The number of piperidine rings is 1. The monoisotopic (exact) mass is 396 g/mol. The summed E-state index contributed by atoms with van der Waals surface area (Å²) in [6.07, 6.45) is 3.16. The zero-order valence-corrected chi connectivity index (χ0v) is 17.6. The number of carbonyl (C=O) groups is 1. The van der Waals surface area contributed by atoms with Gasteiger partial charge in [0.1, 0.15) is 5.75 Å². The van der Waals surface area contributed by atoms with Gasteiger partial charge >= 0.3 is 0 Å². The molecule has 7 heteroatoms. The number of ether oxygens (including phenoxy) is 1. The van der Waals surface area contributed by atoms with Crippen molar-refractivity contribution in [1.82, 2.24) is 9.62 Å². The summed E-state index contributed by atoms with van der Waals surface area (Å²) in [5, 5.41) is 3.08. The number of benzene rings is 1. The molecule has 1 fully saturated rings. The lowest BCUT2D eigenvalue weighted by atomic mass is 9.96. The zero-order chi connectivity index (χ0) is 20.0. The van der Waals surface area contributed by atoms with Crippen molar-refractivity contribution in [2.75, 3.05) is 20.2 Å². The number of amides is 1. The molecule has 27 heavy (non-hydrogen) atoms. The van der Waals surface area contributed by atoms with Crippen LogP contribution in [0.25, 0.3) is 0 Å². The highest BCUT2D eigenvalue weighted by atomic mass is 32.2. The largest absolute Gasteiger partial charge is 0.497 e. The van der Waals surface area contributed by atoms with E-state index in [0.29, 0.717) is 37.6 Å². The average molecular weight is 397 g/mol. The SMILES string of the molecule is COc1ccc(S(=O)(=O)N2CCC(C(=O)N[C@H](C)CCC(C)C)CC2)cc1. The first-order valence-electron chi connectivity index (χ1n) is 9.68. The second kappa shape index (κ2) is 9.55. The van der Waals surface area contributed by atoms with Gasteiger partial charge in [0, 0.05) is 25.0 Å². The number of rotatable bonds is 8. The van der Waals surface area contributed by atoms with Crippen LogP contribution in [0.3, 0.4) is 0 Å². The summed E-state index contributed by atoms with van der Waals surface area (Å²) in [5.74, 6) is 1.17. The molecule has 1 aromatic rings. The molecule has 2 rings (SSSR count). The Bertz CT molecular complexity index is 708.